The number of nitrogens with one attached hydrogen (secondary N) is 1. The Morgan fingerprint density at radius 1 is 1.10 bits per heavy atom. The van der Waals surface area contributed by atoms with Crippen molar-refractivity contribution >= 4 is 16.9 Å². The Morgan fingerprint density at radius 2 is 1.81 bits per heavy atom. The lowest BCUT2D eigenvalue weighted by Crippen LogP contribution is -2.37. The SMILES string of the molecule is CC(=O)N[C@@H](C)CO[C@H]1CC[C@H](Oc2nc3ccc(-c4ccccc4)cc3n2C)CC1. The summed E-state index contributed by atoms with van der Waals surface area (Å²) >= 11 is 0. The van der Waals surface area contributed by atoms with Crippen LogP contribution in [0, 0.1) is 0 Å². The number of amides is 1. The number of carbonyl (C=O) groups is 1. The molecule has 1 fully saturated rings. The minimum absolute atomic E-state index is 0.0217. The molecule has 1 aliphatic carbocycles. The third-order valence-electron chi connectivity index (χ3n) is 5.87. The summed E-state index contributed by atoms with van der Waals surface area (Å²) in [4.78, 5) is 15.8. The summed E-state index contributed by atoms with van der Waals surface area (Å²) in [7, 11) is 2.01. The van der Waals surface area contributed by atoms with Gasteiger partial charge in [0.25, 0.3) is 6.01 Å². The largest absolute Gasteiger partial charge is 0.461 e. The van der Waals surface area contributed by atoms with Crippen LogP contribution in [0.3, 0.4) is 0 Å². The molecule has 0 unspecified atom stereocenters. The zero-order valence-corrected chi connectivity index (χ0v) is 18.5. The number of hydrogen-bond donors (Lipinski definition) is 1. The van der Waals surface area contributed by atoms with Gasteiger partial charge in [0.15, 0.2) is 0 Å². The maximum Gasteiger partial charge on any atom is 0.297 e. The smallest absolute Gasteiger partial charge is 0.297 e. The Hall–Kier alpha value is -2.86. The molecule has 1 atom stereocenters. The molecule has 0 aliphatic heterocycles. The summed E-state index contributed by atoms with van der Waals surface area (Å²) in [6.07, 6.45) is 4.18. The topological polar surface area (TPSA) is 65.4 Å². The zero-order valence-electron chi connectivity index (χ0n) is 18.5. The van der Waals surface area contributed by atoms with Gasteiger partial charge < -0.3 is 14.8 Å². The molecular weight excluding hydrogens is 390 g/mol. The monoisotopic (exact) mass is 421 g/mol. The molecule has 1 heterocycles. The molecule has 6 heteroatoms. The van der Waals surface area contributed by atoms with Crippen LogP contribution < -0.4 is 10.1 Å². The van der Waals surface area contributed by atoms with Crippen LogP contribution in [-0.4, -0.2) is 40.3 Å². The fourth-order valence-corrected chi connectivity index (χ4v) is 4.22. The van der Waals surface area contributed by atoms with Crippen LogP contribution in [0.4, 0.5) is 0 Å². The summed E-state index contributed by atoms with van der Waals surface area (Å²) in [5.41, 5.74) is 4.38. The van der Waals surface area contributed by atoms with E-state index in [0.717, 1.165) is 36.7 Å². The van der Waals surface area contributed by atoms with E-state index in [9.17, 15) is 4.79 Å². The van der Waals surface area contributed by atoms with Gasteiger partial charge in [-0.3, -0.25) is 9.36 Å². The fraction of sp³-hybridized carbons (Fsp3) is 0.440. The van der Waals surface area contributed by atoms with E-state index < -0.39 is 0 Å². The fourth-order valence-electron chi connectivity index (χ4n) is 4.22. The van der Waals surface area contributed by atoms with Crippen molar-refractivity contribution in [3.05, 3.63) is 48.5 Å². The molecule has 1 aromatic heterocycles. The van der Waals surface area contributed by atoms with E-state index in [-0.39, 0.29) is 24.2 Å². The van der Waals surface area contributed by atoms with Crippen LogP contribution in [0.1, 0.15) is 39.5 Å². The molecule has 6 nitrogen and oxygen atoms in total. The molecule has 1 aliphatic rings. The predicted octanol–water partition coefficient (Wildman–Crippen LogP) is 4.47. The lowest BCUT2D eigenvalue weighted by molar-refractivity contribution is -0.120. The van der Waals surface area contributed by atoms with Gasteiger partial charge in [0.05, 0.1) is 23.7 Å². The van der Waals surface area contributed by atoms with Gasteiger partial charge in [-0.2, -0.15) is 4.98 Å². The quantitative estimate of drug-likeness (QED) is 0.611. The minimum atomic E-state index is -0.0217. The van der Waals surface area contributed by atoms with Gasteiger partial charge >= 0.3 is 0 Å². The van der Waals surface area contributed by atoms with Crippen LogP contribution in [0.2, 0.25) is 0 Å². The van der Waals surface area contributed by atoms with Crippen molar-refractivity contribution in [1.29, 1.82) is 0 Å². The Balaban J connectivity index is 1.35. The summed E-state index contributed by atoms with van der Waals surface area (Å²) in [6, 6.07) is 17.4. The van der Waals surface area contributed by atoms with Gasteiger partial charge in [0.1, 0.15) is 6.10 Å². The number of hydrogen-bond acceptors (Lipinski definition) is 4. The standard InChI is InChI=1S/C25H31N3O3/c1-17(26-18(2)29)16-30-21-10-12-22(13-11-21)31-25-27-23-14-9-20(15-24(23)28(25)3)19-7-5-4-6-8-19/h4-9,14-15,17,21-22H,10-13,16H2,1-3H3,(H,26,29)/t17-,21-,22-/m0/s1. The second-order valence-corrected chi connectivity index (χ2v) is 8.47. The first-order valence-electron chi connectivity index (χ1n) is 11.1. The summed E-state index contributed by atoms with van der Waals surface area (Å²) < 4.78 is 14.3. The molecule has 0 radical (unpaired) electrons. The first-order chi connectivity index (χ1) is 15.0. The molecule has 1 amide bonds. The molecule has 0 bridgehead atoms. The maximum atomic E-state index is 11.1. The first kappa shape index (κ1) is 21.4. The zero-order chi connectivity index (χ0) is 21.8. The Labute approximate surface area is 183 Å². The average Bonchev–Trinajstić information content (AvgIpc) is 3.08. The number of carbonyl (C=O) groups excluding carboxylic acids is 1. The number of aromatic nitrogens is 2. The number of aryl methyl sites for hydroxylation is 1. The van der Waals surface area contributed by atoms with Crippen molar-refractivity contribution in [1.82, 2.24) is 14.9 Å². The molecule has 1 saturated carbocycles. The first-order valence-corrected chi connectivity index (χ1v) is 11.1. The second kappa shape index (κ2) is 9.52. The van der Waals surface area contributed by atoms with Gasteiger partial charge in [-0.1, -0.05) is 36.4 Å². The maximum absolute atomic E-state index is 11.1. The van der Waals surface area contributed by atoms with E-state index in [2.05, 4.69) is 47.8 Å². The van der Waals surface area contributed by atoms with Crippen LogP contribution in [0.5, 0.6) is 6.01 Å². The Bertz CT molecular complexity index is 1020. The molecule has 0 spiro atoms. The van der Waals surface area contributed by atoms with Crippen molar-refractivity contribution in [2.75, 3.05) is 6.61 Å². The Kier molecular flexibility index (Phi) is 6.56. The van der Waals surface area contributed by atoms with E-state index in [0.29, 0.717) is 12.6 Å². The van der Waals surface area contributed by atoms with Gasteiger partial charge in [0.2, 0.25) is 5.91 Å². The average molecular weight is 422 g/mol. The second-order valence-electron chi connectivity index (χ2n) is 8.47. The van der Waals surface area contributed by atoms with Gasteiger partial charge in [-0.25, -0.2) is 0 Å². The summed E-state index contributed by atoms with van der Waals surface area (Å²) in [5.74, 6) is -0.0217. The Morgan fingerprint density at radius 3 is 2.52 bits per heavy atom. The third kappa shape index (κ3) is 5.25. The number of fused-ring (bicyclic) bond motifs is 1. The summed E-state index contributed by atoms with van der Waals surface area (Å²) in [5, 5.41) is 2.86. The molecule has 1 N–H and O–H groups in total. The highest BCUT2D eigenvalue weighted by molar-refractivity contribution is 5.83. The molecular formula is C25H31N3O3. The van der Waals surface area contributed by atoms with Gasteiger partial charge in [-0.05, 0) is 55.9 Å². The highest BCUT2D eigenvalue weighted by Crippen LogP contribution is 2.29. The van der Waals surface area contributed by atoms with Crippen molar-refractivity contribution in [3.8, 4) is 17.1 Å². The number of ether oxygens (including phenoxy) is 2. The number of nitrogens with zero attached hydrogens (tertiary/aromatic N) is 2. The molecule has 31 heavy (non-hydrogen) atoms. The summed E-state index contributed by atoms with van der Waals surface area (Å²) in [6.45, 7) is 4.04. The molecule has 4 rings (SSSR count). The van der Waals surface area contributed by atoms with Crippen molar-refractivity contribution in [2.24, 2.45) is 7.05 Å². The van der Waals surface area contributed by atoms with Crippen molar-refractivity contribution in [3.63, 3.8) is 0 Å². The van der Waals surface area contributed by atoms with Crippen LogP contribution >= 0.6 is 0 Å². The van der Waals surface area contributed by atoms with Crippen molar-refractivity contribution in [2.45, 2.75) is 57.8 Å². The van der Waals surface area contributed by atoms with E-state index in [1.807, 2.05) is 24.6 Å². The van der Waals surface area contributed by atoms with Crippen LogP contribution in [0.25, 0.3) is 22.2 Å². The number of rotatable bonds is 7. The van der Waals surface area contributed by atoms with Gasteiger partial charge in [-0.15, -0.1) is 0 Å². The van der Waals surface area contributed by atoms with Gasteiger partial charge in [0, 0.05) is 20.0 Å². The normalized spacial score (nSPS) is 19.8. The lowest BCUT2D eigenvalue weighted by Gasteiger charge is -2.29. The number of imidazole rings is 1. The predicted molar refractivity (Wildman–Crippen MR) is 122 cm³/mol. The van der Waals surface area contributed by atoms with E-state index in [4.69, 9.17) is 14.5 Å². The van der Waals surface area contributed by atoms with E-state index in [1.165, 1.54) is 18.1 Å². The molecule has 2 aromatic carbocycles. The molecule has 3 aromatic rings. The minimum Gasteiger partial charge on any atom is -0.461 e. The highest BCUT2D eigenvalue weighted by Gasteiger charge is 2.25. The van der Waals surface area contributed by atoms with Crippen molar-refractivity contribution < 1.29 is 14.3 Å². The van der Waals surface area contributed by atoms with E-state index >= 15 is 0 Å². The molecule has 164 valence electrons. The van der Waals surface area contributed by atoms with Crippen LogP contribution in [0.15, 0.2) is 48.5 Å². The van der Waals surface area contributed by atoms with E-state index in [1.54, 1.807) is 0 Å². The van der Waals surface area contributed by atoms with Crippen LogP contribution in [-0.2, 0) is 16.6 Å². The third-order valence-corrected chi connectivity index (χ3v) is 5.87. The lowest BCUT2D eigenvalue weighted by atomic mass is 9.95. The number of benzene rings is 2. The highest BCUT2D eigenvalue weighted by atomic mass is 16.5. The molecule has 0 saturated heterocycles.